The van der Waals surface area contributed by atoms with Crippen molar-refractivity contribution in [2.45, 2.75) is 283 Å². The van der Waals surface area contributed by atoms with E-state index in [1.165, 1.54) is 122 Å². The smallest absolute Gasteiger partial charge is 0.306 e. The van der Waals surface area contributed by atoms with Crippen molar-refractivity contribution in [1.82, 2.24) is 5.32 Å². The van der Waals surface area contributed by atoms with E-state index in [-0.39, 0.29) is 24.9 Å². The summed E-state index contributed by atoms with van der Waals surface area (Å²) in [5.41, 5.74) is 0. The van der Waals surface area contributed by atoms with E-state index in [4.69, 9.17) is 4.74 Å². The molecule has 0 saturated carbocycles. The van der Waals surface area contributed by atoms with Crippen molar-refractivity contribution < 1.29 is 24.5 Å². The van der Waals surface area contributed by atoms with Crippen LogP contribution in [-0.4, -0.2) is 46.9 Å². The SMILES string of the molecule is CC/C=C/C=C/C=C\CCCCCCCC(=O)OC(CCCCC/C=C/C=C/C=C/CCCCCCC)CC(=O)NC(CO)C(O)CCCCCCCCCCCCCCCCCCC. The molecule has 0 aromatic carbocycles. The van der Waals surface area contributed by atoms with Gasteiger partial charge in [0, 0.05) is 6.42 Å². The maximum atomic E-state index is 13.2. The molecule has 0 rings (SSSR count). The molecule has 0 spiro atoms. The molecule has 0 fully saturated rings. The van der Waals surface area contributed by atoms with Gasteiger partial charge in [-0.05, 0) is 70.6 Å². The molecular weight excluding hydrogens is 803 g/mol. The fourth-order valence-electron chi connectivity index (χ4n) is 8.20. The minimum absolute atomic E-state index is 0.0443. The predicted molar refractivity (Wildman–Crippen MR) is 282 cm³/mol. The summed E-state index contributed by atoms with van der Waals surface area (Å²) in [5.74, 6) is -0.530. The number of unbranched alkanes of at least 4 members (excludes halogenated alkanes) is 29. The fourth-order valence-corrected chi connectivity index (χ4v) is 8.20. The molecule has 0 saturated heterocycles. The van der Waals surface area contributed by atoms with Gasteiger partial charge in [-0.2, -0.15) is 0 Å². The first-order valence-electron chi connectivity index (χ1n) is 27.7. The first-order chi connectivity index (χ1) is 32.0. The summed E-state index contributed by atoms with van der Waals surface area (Å²) in [6.45, 7) is 6.34. The molecule has 0 heterocycles. The first-order valence-corrected chi connectivity index (χ1v) is 27.7. The van der Waals surface area contributed by atoms with Gasteiger partial charge in [-0.25, -0.2) is 0 Å². The van der Waals surface area contributed by atoms with Gasteiger partial charge in [-0.3, -0.25) is 9.59 Å². The average molecular weight is 908 g/mol. The molecule has 3 atom stereocenters. The fraction of sp³-hybridized carbons (Fsp3) is 0.763. The Kier molecular flexibility index (Phi) is 50.1. The van der Waals surface area contributed by atoms with Crippen LogP contribution in [0.15, 0.2) is 72.9 Å². The van der Waals surface area contributed by atoms with Crippen LogP contribution < -0.4 is 5.32 Å². The molecule has 376 valence electrons. The number of carbonyl (C=O) groups is 2. The largest absolute Gasteiger partial charge is 0.462 e. The third kappa shape index (κ3) is 47.6. The Hall–Kier alpha value is -2.70. The standard InChI is InChI=1S/C59H105NO5/c1-4-7-10-13-16-19-22-25-27-29-31-34-36-39-42-45-48-51-57(62)56(54-61)60-58(63)53-55(50-47-44-41-38-35-33-30-28-26-23-20-17-14-11-8-5-2)65-59(64)52-49-46-43-40-37-32-24-21-18-15-12-9-6-3/h9,12,15,18,21,23-24,26,28,30,33,35,55-57,61-62H,4-8,10-11,13-14,16-17,19-20,22,25,27,29,31-32,34,36-54H2,1-3H3,(H,60,63)/b12-9+,18-15+,24-21-,26-23+,30-28+,35-33+. The van der Waals surface area contributed by atoms with Crippen molar-refractivity contribution in [3.8, 4) is 0 Å². The van der Waals surface area contributed by atoms with Crippen LogP contribution in [-0.2, 0) is 14.3 Å². The quantitative estimate of drug-likeness (QED) is 0.0321. The second-order valence-electron chi connectivity index (χ2n) is 18.7. The lowest BCUT2D eigenvalue weighted by molar-refractivity contribution is -0.151. The summed E-state index contributed by atoms with van der Waals surface area (Å²) in [6, 6.07) is -0.721. The molecule has 0 aromatic heterocycles. The number of esters is 1. The zero-order chi connectivity index (χ0) is 47.4. The van der Waals surface area contributed by atoms with Gasteiger partial charge >= 0.3 is 5.97 Å². The highest BCUT2D eigenvalue weighted by Crippen LogP contribution is 2.18. The van der Waals surface area contributed by atoms with E-state index < -0.39 is 18.2 Å². The molecule has 6 nitrogen and oxygen atoms in total. The van der Waals surface area contributed by atoms with E-state index in [0.29, 0.717) is 19.3 Å². The lowest BCUT2D eigenvalue weighted by Gasteiger charge is -2.24. The van der Waals surface area contributed by atoms with Gasteiger partial charge < -0.3 is 20.3 Å². The lowest BCUT2D eigenvalue weighted by Crippen LogP contribution is -2.46. The molecule has 0 aromatic rings. The van der Waals surface area contributed by atoms with E-state index in [9.17, 15) is 19.8 Å². The van der Waals surface area contributed by atoms with Gasteiger partial charge in [0.1, 0.15) is 6.10 Å². The molecule has 0 aliphatic rings. The maximum absolute atomic E-state index is 13.2. The Morgan fingerprint density at radius 1 is 0.462 bits per heavy atom. The molecule has 0 bridgehead atoms. The van der Waals surface area contributed by atoms with Gasteiger partial charge in [-0.15, -0.1) is 0 Å². The van der Waals surface area contributed by atoms with E-state index in [1.54, 1.807) is 0 Å². The Morgan fingerprint density at radius 3 is 1.26 bits per heavy atom. The Balaban J connectivity index is 4.62. The average Bonchev–Trinajstić information content (AvgIpc) is 3.30. The van der Waals surface area contributed by atoms with Gasteiger partial charge in [0.05, 0.1) is 25.2 Å². The Morgan fingerprint density at radius 2 is 0.831 bits per heavy atom. The zero-order valence-corrected chi connectivity index (χ0v) is 42.9. The number of nitrogens with one attached hydrogen (secondary N) is 1. The third-order valence-corrected chi connectivity index (χ3v) is 12.4. The van der Waals surface area contributed by atoms with Crippen LogP contribution in [0.3, 0.4) is 0 Å². The van der Waals surface area contributed by atoms with Crippen molar-refractivity contribution in [3.63, 3.8) is 0 Å². The number of aliphatic hydroxyl groups excluding tert-OH is 2. The molecule has 3 unspecified atom stereocenters. The van der Waals surface area contributed by atoms with Crippen LogP contribution in [0.2, 0.25) is 0 Å². The van der Waals surface area contributed by atoms with E-state index in [0.717, 1.165) is 96.3 Å². The molecule has 1 amide bonds. The Labute approximate surface area is 402 Å². The first kappa shape index (κ1) is 62.3. The van der Waals surface area contributed by atoms with Crippen LogP contribution in [0.5, 0.6) is 0 Å². The Bertz CT molecular complexity index is 1200. The predicted octanol–water partition coefficient (Wildman–Crippen LogP) is 17.0. The summed E-state index contributed by atoms with van der Waals surface area (Å²) in [6.07, 6.45) is 66.8. The molecule has 0 aliphatic carbocycles. The second-order valence-corrected chi connectivity index (χ2v) is 18.7. The molecule has 0 aliphatic heterocycles. The zero-order valence-electron chi connectivity index (χ0n) is 42.9. The van der Waals surface area contributed by atoms with Crippen LogP contribution in [0.1, 0.15) is 265 Å². The van der Waals surface area contributed by atoms with E-state index in [2.05, 4.69) is 99.0 Å². The monoisotopic (exact) mass is 908 g/mol. The van der Waals surface area contributed by atoms with Crippen molar-refractivity contribution in [1.29, 1.82) is 0 Å². The van der Waals surface area contributed by atoms with Crippen molar-refractivity contribution in [2.75, 3.05) is 6.61 Å². The lowest BCUT2D eigenvalue weighted by atomic mass is 10.0. The van der Waals surface area contributed by atoms with Crippen molar-refractivity contribution >= 4 is 11.9 Å². The van der Waals surface area contributed by atoms with Crippen LogP contribution in [0.25, 0.3) is 0 Å². The molecule has 3 N–H and O–H groups in total. The summed E-state index contributed by atoms with van der Waals surface area (Å²) in [5, 5.41) is 23.9. The minimum Gasteiger partial charge on any atom is -0.462 e. The van der Waals surface area contributed by atoms with Gasteiger partial charge in [0.2, 0.25) is 5.91 Å². The third-order valence-electron chi connectivity index (χ3n) is 12.4. The van der Waals surface area contributed by atoms with Gasteiger partial charge in [0.25, 0.3) is 0 Å². The number of aliphatic hydroxyl groups is 2. The molecule has 6 heteroatoms. The number of amides is 1. The number of allylic oxidation sites excluding steroid dienone is 12. The highest BCUT2D eigenvalue weighted by Gasteiger charge is 2.24. The molecular formula is C59H105NO5. The number of hydrogen-bond donors (Lipinski definition) is 3. The number of rotatable bonds is 49. The topological polar surface area (TPSA) is 95.9 Å². The van der Waals surface area contributed by atoms with Gasteiger partial charge in [0.15, 0.2) is 0 Å². The van der Waals surface area contributed by atoms with Crippen molar-refractivity contribution in [2.24, 2.45) is 0 Å². The van der Waals surface area contributed by atoms with E-state index >= 15 is 0 Å². The summed E-state index contributed by atoms with van der Waals surface area (Å²) < 4.78 is 5.92. The maximum Gasteiger partial charge on any atom is 0.306 e. The minimum atomic E-state index is -0.804. The van der Waals surface area contributed by atoms with E-state index in [1.807, 2.05) is 0 Å². The van der Waals surface area contributed by atoms with Gasteiger partial charge in [-0.1, -0.05) is 254 Å². The summed E-state index contributed by atoms with van der Waals surface area (Å²) in [7, 11) is 0. The molecule has 0 radical (unpaired) electrons. The highest BCUT2D eigenvalue weighted by molar-refractivity contribution is 5.77. The highest BCUT2D eigenvalue weighted by atomic mass is 16.5. The number of hydrogen-bond acceptors (Lipinski definition) is 5. The van der Waals surface area contributed by atoms with Crippen LogP contribution in [0, 0.1) is 0 Å². The number of carbonyl (C=O) groups excluding carboxylic acids is 2. The normalized spacial score (nSPS) is 13.7. The summed E-state index contributed by atoms with van der Waals surface area (Å²) in [4.78, 5) is 26.2. The number of ether oxygens (including phenoxy) is 1. The summed E-state index contributed by atoms with van der Waals surface area (Å²) >= 11 is 0. The second kappa shape index (κ2) is 52.3. The van der Waals surface area contributed by atoms with Crippen LogP contribution >= 0.6 is 0 Å². The van der Waals surface area contributed by atoms with Crippen molar-refractivity contribution in [3.05, 3.63) is 72.9 Å². The van der Waals surface area contributed by atoms with Crippen LogP contribution in [0.4, 0.5) is 0 Å². The molecule has 65 heavy (non-hydrogen) atoms.